The average molecular weight is 679 g/mol. The Morgan fingerprint density at radius 2 is 0.756 bits per heavy atom. The van der Waals surface area contributed by atoms with Gasteiger partial charge >= 0.3 is 0 Å². The minimum absolute atomic E-state index is 0.641. The van der Waals surface area contributed by atoms with Crippen LogP contribution < -0.4 is 0 Å². The molecule has 0 amide bonds. The van der Waals surface area contributed by atoms with Gasteiger partial charge in [0, 0.05) is 0 Å². The zero-order chi connectivity index (χ0) is 35.6. The highest BCUT2D eigenvalue weighted by Gasteiger charge is 2.46. The van der Waals surface area contributed by atoms with Crippen LogP contribution in [0.5, 0.6) is 0 Å². The number of rotatable bonds is 17. The molecule has 0 aromatic heterocycles. The molecule has 1 fully saturated rings. The van der Waals surface area contributed by atoms with Crippen LogP contribution in [0, 0.1) is 0 Å². The predicted molar refractivity (Wildman–Crippen MR) is 141 cm³/mol. The van der Waals surface area contributed by atoms with E-state index in [0.29, 0.717) is 0 Å². The first-order valence-corrected chi connectivity index (χ1v) is 13.4. The normalized spacial score (nSPS) is 29.2. The molecule has 1 saturated heterocycles. The number of ether oxygens (including phenoxy) is 2. The highest BCUT2D eigenvalue weighted by Crippen LogP contribution is 2.25. The molecule has 274 valence electrons. The van der Waals surface area contributed by atoms with Crippen LogP contribution in [0.2, 0.25) is 0 Å². The molecule has 1 aliphatic rings. The van der Waals surface area contributed by atoms with Crippen molar-refractivity contribution in [1.29, 1.82) is 0 Å². The molecule has 0 bridgehead atoms. The lowest BCUT2D eigenvalue weighted by Crippen LogP contribution is -2.61. The molecule has 0 aromatic carbocycles. The summed E-state index contributed by atoms with van der Waals surface area (Å²) in [5.74, 6) is 0. The van der Waals surface area contributed by atoms with Gasteiger partial charge in [0.15, 0.2) is 6.29 Å². The summed E-state index contributed by atoms with van der Waals surface area (Å²) in [4.78, 5) is 0. The molecule has 0 saturated carbocycles. The lowest BCUT2D eigenvalue weighted by Gasteiger charge is -2.42. The largest absolute Gasteiger partial charge is 0.394 e. The Balaban J connectivity index is 0. The first kappa shape index (κ1) is 46.2. The molecule has 1 heterocycles. The van der Waals surface area contributed by atoms with Crippen molar-refractivity contribution in [2.75, 3.05) is 46.2 Å². The van der Waals surface area contributed by atoms with Crippen molar-refractivity contribution in [1.82, 2.24) is 0 Å². The van der Waals surface area contributed by atoms with Crippen molar-refractivity contribution in [2.24, 2.45) is 0 Å². The van der Waals surface area contributed by atoms with Gasteiger partial charge in [0.25, 0.3) is 0 Å². The highest BCUT2D eigenvalue weighted by molar-refractivity contribution is 4.91. The van der Waals surface area contributed by atoms with Crippen molar-refractivity contribution in [3.63, 3.8) is 0 Å². The van der Waals surface area contributed by atoms with E-state index in [9.17, 15) is 30.6 Å². The zero-order valence-corrected chi connectivity index (χ0v) is 23.9. The van der Waals surface area contributed by atoms with Gasteiger partial charge in [-0.15, -0.1) is 0 Å². The monoisotopic (exact) mass is 678 g/mol. The maximum absolute atomic E-state index is 9.83. The molecule has 0 aliphatic carbocycles. The Morgan fingerprint density at radius 1 is 0.422 bits per heavy atom. The van der Waals surface area contributed by atoms with Gasteiger partial charge in [0.05, 0.1) is 46.2 Å². The molecule has 0 radical (unpaired) electrons. The van der Waals surface area contributed by atoms with Crippen molar-refractivity contribution in [3.8, 4) is 0 Å². The van der Waals surface area contributed by atoms with Crippen molar-refractivity contribution >= 4 is 0 Å². The summed E-state index contributed by atoms with van der Waals surface area (Å²) in [6, 6.07) is 0. The van der Waals surface area contributed by atoms with Crippen LogP contribution in [-0.2, 0) is 9.47 Å². The summed E-state index contributed by atoms with van der Waals surface area (Å²) >= 11 is 0. The third kappa shape index (κ3) is 15.3. The molecule has 1 rings (SSSR count). The minimum Gasteiger partial charge on any atom is -0.394 e. The Kier molecular flexibility index (Phi) is 25.0. The Hall–Kier alpha value is -0.880. The third-order valence-corrected chi connectivity index (χ3v) is 6.30. The van der Waals surface area contributed by atoms with Gasteiger partial charge < -0.3 is 112 Å². The second-order valence-corrected chi connectivity index (χ2v) is 9.76. The van der Waals surface area contributed by atoms with E-state index in [-0.39, 0.29) is 0 Å². The fourth-order valence-corrected chi connectivity index (χ4v) is 3.31. The van der Waals surface area contributed by atoms with Gasteiger partial charge in [-0.25, -0.2) is 0 Å². The topological polar surface area (TPSA) is 423 Å². The van der Waals surface area contributed by atoms with Gasteiger partial charge in [-0.1, -0.05) is 0 Å². The maximum Gasteiger partial charge on any atom is 0.187 e. The van der Waals surface area contributed by atoms with Crippen molar-refractivity contribution in [2.45, 2.75) is 97.8 Å². The van der Waals surface area contributed by atoms with E-state index in [1.807, 2.05) is 0 Å². The van der Waals surface area contributed by atoms with Crippen LogP contribution in [0.4, 0.5) is 0 Å². The molecule has 16 atom stereocenters. The van der Waals surface area contributed by atoms with E-state index in [0.717, 1.165) is 0 Å². The van der Waals surface area contributed by atoms with E-state index in [1.54, 1.807) is 0 Å². The van der Waals surface area contributed by atoms with Gasteiger partial charge in [0.1, 0.15) is 91.6 Å². The average Bonchev–Trinajstić information content (AvgIpc) is 3.07. The van der Waals surface area contributed by atoms with Crippen LogP contribution in [0.3, 0.4) is 0 Å². The van der Waals surface area contributed by atoms with Gasteiger partial charge in [-0.2, -0.15) is 0 Å². The number of hydrogen-bond donors (Lipinski definition) is 20. The van der Waals surface area contributed by atoms with Crippen molar-refractivity contribution < 1.29 is 112 Å². The second-order valence-electron chi connectivity index (χ2n) is 9.76. The molecule has 22 heteroatoms. The van der Waals surface area contributed by atoms with Gasteiger partial charge in [-0.3, -0.25) is 0 Å². The van der Waals surface area contributed by atoms with Crippen LogP contribution in [0.1, 0.15) is 0 Å². The van der Waals surface area contributed by atoms with E-state index >= 15 is 0 Å². The SMILES string of the molecule is OC[C@@H](O)[C@@H](O)[C@H](O)[C@@H](O)CO.OC[C@@H](O)[C@@H](O[C@H]1O[C@H](CO)[C@@H](O)[C@H](O)[C@H]1O)[C@H](O)[C@@H](O)CO.OC[C@@H](O)[C@H](O)[C@@H](O)CO. The first-order chi connectivity index (χ1) is 20.9. The second kappa shape index (κ2) is 24.3. The molecule has 22 nitrogen and oxygen atoms in total. The Bertz CT molecular complexity index is 684. The predicted octanol–water partition coefficient (Wildman–Crippen LogP) is -12.3. The summed E-state index contributed by atoms with van der Waals surface area (Å²) in [6.45, 7) is -5.19. The summed E-state index contributed by atoms with van der Waals surface area (Å²) in [6.07, 6.45) is -25.8. The molecule has 0 spiro atoms. The number of aliphatic hydroxyl groups excluding tert-OH is 20. The molecule has 45 heavy (non-hydrogen) atoms. The Labute approximate surface area is 256 Å². The molecule has 0 aromatic rings. The fourth-order valence-electron chi connectivity index (χ4n) is 3.31. The van der Waals surface area contributed by atoms with E-state index < -0.39 is 144 Å². The van der Waals surface area contributed by atoms with Crippen LogP contribution in [0.15, 0.2) is 0 Å². The van der Waals surface area contributed by atoms with E-state index in [2.05, 4.69) is 0 Å². The van der Waals surface area contributed by atoms with Crippen LogP contribution in [-0.4, -0.2) is 246 Å². The summed E-state index contributed by atoms with van der Waals surface area (Å²) in [5.41, 5.74) is 0. The summed E-state index contributed by atoms with van der Waals surface area (Å²) < 4.78 is 10.1. The standard InChI is InChI=1S/C12H24O11.C6H14O6.C5H12O5/c13-1-4(16)7(18)11(5(17)2-14)23-12-10(21)9(20)8(19)6(3-15)22-12;7-1-3(9)5(11)6(12)4(10)2-8;6-1-3(8)5(10)4(9)2-7/h4-21H,1-3H2;3-12H,1-2H2;3-10H,1-2H2/t4-,5+,6+,7+,8+,9-,10+,11+,12+;3-,4+,5-,6-;3-,4+,5+/m01./s1. The number of hydrogen-bond acceptors (Lipinski definition) is 22. The zero-order valence-electron chi connectivity index (χ0n) is 23.9. The smallest absolute Gasteiger partial charge is 0.187 e. The summed E-state index contributed by atoms with van der Waals surface area (Å²) in [5, 5.41) is 180. The molecule has 1 aliphatic heterocycles. The molecular formula is C23H50O22. The number of aliphatic hydroxyl groups is 20. The molecule has 20 N–H and O–H groups in total. The van der Waals surface area contributed by atoms with E-state index in [1.165, 1.54) is 0 Å². The third-order valence-electron chi connectivity index (χ3n) is 6.30. The maximum atomic E-state index is 9.83. The molecular weight excluding hydrogens is 628 g/mol. The van der Waals surface area contributed by atoms with Gasteiger partial charge in [0.2, 0.25) is 0 Å². The minimum atomic E-state index is -1.85. The Morgan fingerprint density at radius 3 is 1.09 bits per heavy atom. The first-order valence-electron chi connectivity index (χ1n) is 13.4. The van der Waals surface area contributed by atoms with Crippen molar-refractivity contribution in [3.05, 3.63) is 0 Å². The van der Waals surface area contributed by atoms with Gasteiger partial charge in [-0.05, 0) is 0 Å². The lowest BCUT2D eigenvalue weighted by atomic mass is 9.98. The lowest BCUT2D eigenvalue weighted by molar-refractivity contribution is -0.327. The molecule has 0 unspecified atom stereocenters. The quantitative estimate of drug-likeness (QED) is 0.0678. The van der Waals surface area contributed by atoms with Crippen LogP contribution in [0.25, 0.3) is 0 Å². The van der Waals surface area contributed by atoms with E-state index in [4.69, 9.17) is 81.0 Å². The van der Waals surface area contributed by atoms with Crippen LogP contribution >= 0.6 is 0 Å². The fraction of sp³-hybridized carbons (Fsp3) is 1.00. The highest BCUT2D eigenvalue weighted by atomic mass is 16.7. The summed E-state index contributed by atoms with van der Waals surface area (Å²) in [7, 11) is 0.